The summed E-state index contributed by atoms with van der Waals surface area (Å²) in [7, 11) is 0. The molecule has 0 saturated heterocycles. The zero-order valence-corrected chi connectivity index (χ0v) is 14.4. The van der Waals surface area contributed by atoms with E-state index in [-0.39, 0.29) is 24.0 Å². The third-order valence-corrected chi connectivity index (χ3v) is 5.67. The lowest BCUT2D eigenvalue weighted by atomic mass is 9.81. The summed E-state index contributed by atoms with van der Waals surface area (Å²) < 4.78 is 8.00. The molecule has 1 N–H and O–H groups in total. The lowest BCUT2D eigenvalue weighted by Crippen LogP contribution is -2.48. The van der Waals surface area contributed by atoms with Crippen LogP contribution < -0.4 is 0 Å². The van der Waals surface area contributed by atoms with Crippen molar-refractivity contribution in [3.63, 3.8) is 0 Å². The molecule has 0 bridgehead atoms. The molecular weight excluding hydrogens is 306 g/mol. The third-order valence-electron chi connectivity index (χ3n) is 5.67. The Balaban J connectivity index is 1.36. The smallest absolute Gasteiger partial charge is 0.226 e. The standard InChI is InChI=1S/C18H27N3O3/c1-12-17-19-10-15(4-7-24-11-13-2-3-13)21(17)6-5-20(12)18(23)14-8-16(22)9-14/h10,12-14,16,22H,2-9,11H2,1H3. The number of carbonyl (C=O) groups is 1. The van der Waals surface area contributed by atoms with Gasteiger partial charge < -0.3 is 19.3 Å². The first-order valence-electron chi connectivity index (χ1n) is 9.24. The molecule has 4 rings (SSSR count). The highest BCUT2D eigenvalue weighted by molar-refractivity contribution is 5.80. The average molecular weight is 333 g/mol. The fourth-order valence-corrected chi connectivity index (χ4v) is 3.80. The first-order valence-corrected chi connectivity index (χ1v) is 9.24. The Kier molecular flexibility index (Phi) is 4.35. The number of amides is 1. The van der Waals surface area contributed by atoms with Crippen molar-refractivity contribution in [2.24, 2.45) is 11.8 Å². The minimum Gasteiger partial charge on any atom is -0.393 e. The monoisotopic (exact) mass is 333 g/mol. The van der Waals surface area contributed by atoms with Gasteiger partial charge in [0.1, 0.15) is 5.82 Å². The second kappa shape index (κ2) is 6.48. The maximum Gasteiger partial charge on any atom is 0.226 e. The minimum atomic E-state index is -0.289. The Hall–Kier alpha value is -1.40. The van der Waals surface area contributed by atoms with Crippen LogP contribution in [0.2, 0.25) is 0 Å². The molecule has 132 valence electrons. The molecule has 2 fully saturated rings. The Bertz CT molecular complexity index is 605. The zero-order valence-electron chi connectivity index (χ0n) is 14.4. The summed E-state index contributed by atoms with van der Waals surface area (Å²) >= 11 is 0. The van der Waals surface area contributed by atoms with Gasteiger partial charge in [0.15, 0.2) is 0 Å². The van der Waals surface area contributed by atoms with Gasteiger partial charge in [-0.3, -0.25) is 4.79 Å². The summed E-state index contributed by atoms with van der Waals surface area (Å²) in [5.74, 6) is 1.95. The van der Waals surface area contributed by atoms with Crippen molar-refractivity contribution in [1.29, 1.82) is 0 Å². The number of aliphatic hydroxyl groups is 1. The van der Waals surface area contributed by atoms with Crippen molar-refractivity contribution in [2.75, 3.05) is 19.8 Å². The van der Waals surface area contributed by atoms with Crippen LogP contribution in [0.1, 0.15) is 50.2 Å². The van der Waals surface area contributed by atoms with Crippen molar-refractivity contribution in [1.82, 2.24) is 14.5 Å². The first kappa shape index (κ1) is 16.1. The molecule has 6 nitrogen and oxygen atoms in total. The van der Waals surface area contributed by atoms with Crippen LogP contribution in [0.3, 0.4) is 0 Å². The second-order valence-electron chi connectivity index (χ2n) is 7.56. The van der Waals surface area contributed by atoms with Crippen molar-refractivity contribution in [3.8, 4) is 0 Å². The molecule has 1 amide bonds. The van der Waals surface area contributed by atoms with E-state index < -0.39 is 0 Å². The third kappa shape index (κ3) is 3.09. The van der Waals surface area contributed by atoms with Crippen LogP contribution in [-0.2, 0) is 22.5 Å². The van der Waals surface area contributed by atoms with Crippen LogP contribution in [0.4, 0.5) is 0 Å². The van der Waals surface area contributed by atoms with E-state index in [4.69, 9.17) is 4.74 Å². The molecule has 2 saturated carbocycles. The molecule has 1 aromatic rings. The lowest BCUT2D eigenvalue weighted by Gasteiger charge is -2.40. The van der Waals surface area contributed by atoms with Crippen molar-refractivity contribution < 1.29 is 14.6 Å². The minimum absolute atomic E-state index is 0.000688. The van der Waals surface area contributed by atoms with Crippen molar-refractivity contribution in [2.45, 2.75) is 57.7 Å². The largest absolute Gasteiger partial charge is 0.393 e. The van der Waals surface area contributed by atoms with E-state index in [1.165, 1.54) is 18.5 Å². The average Bonchev–Trinajstić information content (AvgIpc) is 3.27. The number of ether oxygens (including phenoxy) is 1. The maximum absolute atomic E-state index is 12.6. The fourth-order valence-electron chi connectivity index (χ4n) is 3.80. The topological polar surface area (TPSA) is 67.6 Å². The van der Waals surface area contributed by atoms with Crippen molar-refractivity contribution >= 4 is 5.91 Å². The predicted molar refractivity (Wildman–Crippen MR) is 88.3 cm³/mol. The maximum atomic E-state index is 12.6. The second-order valence-corrected chi connectivity index (χ2v) is 7.56. The number of nitrogens with zero attached hydrogens (tertiary/aromatic N) is 3. The van der Waals surface area contributed by atoms with E-state index in [1.807, 2.05) is 11.1 Å². The molecule has 3 aliphatic rings. The van der Waals surface area contributed by atoms with E-state index >= 15 is 0 Å². The molecule has 2 aliphatic carbocycles. The highest BCUT2D eigenvalue weighted by atomic mass is 16.5. The number of hydrogen-bond donors (Lipinski definition) is 1. The van der Waals surface area contributed by atoms with Crippen LogP contribution in [0, 0.1) is 11.8 Å². The molecule has 0 aromatic carbocycles. The number of aliphatic hydroxyl groups excluding tert-OH is 1. The number of aromatic nitrogens is 2. The zero-order chi connectivity index (χ0) is 16.7. The number of fused-ring (bicyclic) bond motifs is 1. The van der Waals surface area contributed by atoms with E-state index in [0.29, 0.717) is 12.8 Å². The van der Waals surface area contributed by atoms with E-state index in [1.54, 1.807) is 0 Å². The summed E-state index contributed by atoms with van der Waals surface area (Å²) in [5.41, 5.74) is 1.21. The van der Waals surface area contributed by atoms with E-state index in [9.17, 15) is 9.90 Å². The molecule has 1 aliphatic heterocycles. The Morgan fingerprint density at radius 3 is 2.88 bits per heavy atom. The summed E-state index contributed by atoms with van der Waals surface area (Å²) in [6, 6.07) is 0.00475. The van der Waals surface area contributed by atoms with Gasteiger partial charge >= 0.3 is 0 Å². The fraction of sp³-hybridized carbons (Fsp3) is 0.778. The Morgan fingerprint density at radius 1 is 1.38 bits per heavy atom. The summed E-state index contributed by atoms with van der Waals surface area (Å²) in [4.78, 5) is 19.1. The normalized spacial score (nSPS) is 29.2. The van der Waals surface area contributed by atoms with Crippen molar-refractivity contribution in [3.05, 3.63) is 17.7 Å². The van der Waals surface area contributed by atoms with Gasteiger partial charge in [-0.2, -0.15) is 0 Å². The quantitative estimate of drug-likeness (QED) is 0.802. The molecule has 0 spiro atoms. The van der Waals surface area contributed by atoms with Crippen LogP contribution in [0.5, 0.6) is 0 Å². The van der Waals surface area contributed by atoms with E-state index in [0.717, 1.165) is 44.5 Å². The lowest BCUT2D eigenvalue weighted by molar-refractivity contribution is -0.145. The highest BCUT2D eigenvalue weighted by Crippen LogP contribution is 2.34. The molecule has 2 heterocycles. The first-order chi connectivity index (χ1) is 11.6. The van der Waals surface area contributed by atoms with Gasteiger partial charge in [0.2, 0.25) is 5.91 Å². The predicted octanol–water partition coefficient (Wildman–Crippen LogP) is 1.53. The van der Waals surface area contributed by atoms with Gasteiger partial charge in [0.25, 0.3) is 0 Å². The van der Waals surface area contributed by atoms with Crippen LogP contribution in [-0.4, -0.2) is 51.3 Å². The molecule has 6 heteroatoms. The molecule has 1 aromatic heterocycles. The van der Waals surface area contributed by atoms with Crippen LogP contribution in [0.15, 0.2) is 6.20 Å². The molecule has 24 heavy (non-hydrogen) atoms. The number of imidazole rings is 1. The molecular formula is C18H27N3O3. The number of hydrogen-bond acceptors (Lipinski definition) is 4. The number of carbonyl (C=O) groups excluding carboxylic acids is 1. The highest BCUT2D eigenvalue weighted by Gasteiger charge is 2.39. The van der Waals surface area contributed by atoms with E-state index in [2.05, 4.69) is 16.5 Å². The SMILES string of the molecule is CC1c2ncc(CCOCC3CC3)n2CCN1C(=O)C1CC(O)C1. The molecule has 0 radical (unpaired) electrons. The molecule has 1 atom stereocenters. The van der Waals surface area contributed by atoms with Gasteiger partial charge in [-0.1, -0.05) is 0 Å². The van der Waals surface area contributed by atoms with Crippen LogP contribution in [0.25, 0.3) is 0 Å². The van der Waals surface area contributed by atoms with Gasteiger partial charge in [-0.25, -0.2) is 4.98 Å². The van der Waals surface area contributed by atoms with Gasteiger partial charge in [0.05, 0.1) is 18.8 Å². The summed E-state index contributed by atoms with van der Waals surface area (Å²) in [6.45, 7) is 5.23. The molecule has 1 unspecified atom stereocenters. The van der Waals surface area contributed by atoms with Gasteiger partial charge in [-0.05, 0) is 38.5 Å². The van der Waals surface area contributed by atoms with Crippen LogP contribution >= 0.6 is 0 Å². The number of rotatable bonds is 6. The summed E-state index contributed by atoms with van der Waals surface area (Å²) in [6.07, 6.45) is 6.40. The Labute approximate surface area is 142 Å². The Morgan fingerprint density at radius 2 is 2.17 bits per heavy atom. The van der Waals surface area contributed by atoms with Gasteiger partial charge in [0, 0.05) is 43.9 Å². The summed E-state index contributed by atoms with van der Waals surface area (Å²) in [5, 5.41) is 9.43. The van der Waals surface area contributed by atoms with Gasteiger partial charge in [-0.15, -0.1) is 0 Å².